The Kier molecular flexibility index (Phi) is 7.41. The van der Waals surface area contributed by atoms with Crippen LogP contribution in [0, 0.1) is 0 Å². The monoisotopic (exact) mass is 434 g/mol. The van der Waals surface area contributed by atoms with Crippen molar-refractivity contribution in [2.75, 3.05) is 19.3 Å². The SMILES string of the molecule is CCNC(=NCc1ccc(S(C)(=O)=O)cc1)NCCc1nc(C(F)(F)F)cs1. The third kappa shape index (κ3) is 6.79. The van der Waals surface area contributed by atoms with Crippen molar-refractivity contribution in [1.82, 2.24) is 15.6 Å². The Morgan fingerprint density at radius 2 is 1.89 bits per heavy atom. The Morgan fingerprint density at radius 3 is 2.43 bits per heavy atom. The first-order valence-corrected chi connectivity index (χ1v) is 11.2. The maximum Gasteiger partial charge on any atom is 0.434 e. The average molecular weight is 435 g/mol. The van der Waals surface area contributed by atoms with Crippen LogP contribution >= 0.6 is 11.3 Å². The number of hydrogen-bond donors (Lipinski definition) is 2. The summed E-state index contributed by atoms with van der Waals surface area (Å²) in [4.78, 5) is 8.23. The number of sulfone groups is 1. The third-order valence-corrected chi connectivity index (χ3v) is 5.63. The van der Waals surface area contributed by atoms with Gasteiger partial charge in [-0.2, -0.15) is 13.2 Å². The van der Waals surface area contributed by atoms with Gasteiger partial charge in [0.1, 0.15) is 0 Å². The Morgan fingerprint density at radius 1 is 1.21 bits per heavy atom. The molecule has 28 heavy (non-hydrogen) atoms. The van der Waals surface area contributed by atoms with E-state index in [0.29, 0.717) is 37.0 Å². The van der Waals surface area contributed by atoms with Crippen LogP contribution in [-0.2, 0) is 29.0 Å². The van der Waals surface area contributed by atoms with Crippen molar-refractivity contribution in [3.63, 3.8) is 0 Å². The molecule has 0 unspecified atom stereocenters. The number of thiazole rings is 1. The average Bonchev–Trinajstić information content (AvgIpc) is 3.08. The number of aliphatic imine (C=N–C) groups is 1. The molecule has 1 aromatic carbocycles. The van der Waals surface area contributed by atoms with Gasteiger partial charge >= 0.3 is 6.18 Å². The molecule has 0 aliphatic heterocycles. The first kappa shape index (κ1) is 22.2. The topological polar surface area (TPSA) is 83.5 Å². The molecule has 0 amide bonds. The molecular formula is C17H21F3N4O2S2. The fraction of sp³-hybridized carbons (Fsp3) is 0.412. The summed E-state index contributed by atoms with van der Waals surface area (Å²) in [6.45, 7) is 3.22. The van der Waals surface area contributed by atoms with Gasteiger partial charge in [-0.15, -0.1) is 11.3 Å². The number of benzene rings is 1. The zero-order valence-electron chi connectivity index (χ0n) is 15.4. The minimum Gasteiger partial charge on any atom is -0.357 e. The summed E-state index contributed by atoms with van der Waals surface area (Å²) in [5, 5.41) is 7.51. The van der Waals surface area contributed by atoms with Crippen molar-refractivity contribution in [3.8, 4) is 0 Å². The van der Waals surface area contributed by atoms with Crippen LogP contribution in [0.1, 0.15) is 23.2 Å². The second-order valence-electron chi connectivity index (χ2n) is 5.91. The molecule has 0 aliphatic carbocycles. The number of guanidine groups is 1. The fourth-order valence-corrected chi connectivity index (χ4v) is 3.63. The molecule has 0 radical (unpaired) electrons. The van der Waals surface area contributed by atoms with Crippen molar-refractivity contribution < 1.29 is 21.6 Å². The lowest BCUT2D eigenvalue weighted by atomic mass is 10.2. The smallest absolute Gasteiger partial charge is 0.357 e. The largest absolute Gasteiger partial charge is 0.434 e. The molecule has 0 saturated carbocycles. The minimum absolute atomic E-state index is 0.243. The van der Waals surface area contributed by atoms with Crippen molar-refractivity contribution >= 4 is 27.1 Å². The van der Waals surface area contributed by atoms with Crippen LogP contribution in [0.25, 0.3) is 0 Å². The zero-order chi connectivity index (χ0) is 20.8. The highest BCUT2D eigenvalue weighted by Gasteiger charge is 2.33. The lowest BCUT2D eigenvalue weighted by Crippen LogP contribution is -2.38. The molecule has 154 valence electrons. The predicted molar refractivity (Wildman–Crippen MR) is 103 cm³/mol. The molecule has 11 heteroatoms. The first-order chi connectivity index (χ1) is 13.1. The van der Waals surface area contributed by atoms with Gasteiger partial charge in [0, 0.05) is 31.1 Å². The molecule has 0 saturated heterocycles. The van der Waals surface area contributed by atoms with Gasteiger partial charge in [-0.3, -0.25) is 0 Å². The van der Waals surface area contributed by atoms with E-state index in [9.17, 15) is 21.6 Å². The summed E-state index contributed by atoms with van der Waals surface area (Å²) in [6, 6.07) is 6.44. The van der Waals surface area contributed by atoms with Crippen LogP contribution in [-0.4, -0.2) is 38.7 Å². The molecule has 2 N–H and O–H groups in total. The molecule has 2 rings (SSSR count). The Balaban J connectivity index is 1.92. The van der Waals surface area contributed by atoms with E-state index in [2.05, 4.69) is 20.6 Å². The summed E-state index contributed by atoms with van der Waals surface area (Å²) >= 11 is 0.974. The van der Waals surface area contributed by atoms with Gasteiger partial charge in [-0.05, 0) is 24.6 Å². The van der Waals surface area contributed by atoms with Gasteiger partial charge in [-0.1, -0.05) is 12.1 Å². The molecule has 1 heterocycles. The van der Waals surface area contributed by atoms with Crippen molar-refractivity contribution in [1.29, 1.82) is 0 Å². The summed E-state index contributed by atoms with van der Waals surface area (Å²) in [5.41, 5.74) is -0.0371. The van der Waals surface area contributed by atoms with Crippen molar-refractivity contribution in [2.45, 2.75) is 31.0 Å². The maximum absolute atomic E-state index is 12.6. The van der Waals surface area contributed by atoms with E-state index < -0.39 is 21.7 Å². The van der Waals surface area contributed by atoms with E-state index in [1.165, 1.54) is 12.1 Å². The van der Waals surface area contributed by atoms with Crippen molar-refractivity contribution in [3.05, 3.63) is 45.9 Å². The number of nitrogens with zero attached hydrogens (tertiary/aromatic N) is 2. The lowest BCUT2D eigenvalue weighted by molar-refractivity contribution is -0.140. The Labute approximate surface area is 165 Å². The number of halogens is 3. The number of rotatable bonds is 7. The molecule has 0 bridgehead atoms. The molecular weight excluding hydrogens is 413 g/mol. The summed E-state index contributed by atoms with van der Waals surface area (Å²) < 4.78 is 60.7. The van der Waals surface area contributed by atoms with Gasteiger partial charge in [0.15, 0.2) is 21.5 Å². The van der Waals surface area contributed by atoms with Crippen molar-refractivity contribution in [2.24, 2.45) is 4.99 Å². The van der Waals surface area contributed by atoms with E-state index in [1.54, 1.807) is 12.1 Å². The number of aromatic nitrogens is 1. The van der Waals surface area contributed by atoms with Crippen LogP contribution in [0.15, 0.2) is 39.5 Å². The summed E-state index contributed by atoms with van der Waals surface area (Å²) in [6.07, 6.45) is -2.94. The highest BCUT2D eigenvalue weighted by atomic mass is 32.2. The van der Waals surface area contributed by atoms with E-state index in [4.69, 9.17) is 0 Å². The quantitative estimate of drug-likeness (QED) is 0.517. The lowest BCUT2D eigenvalue weighted by Gasteiger charge is -2.10. The van der Waals surface area contributed by atoms with Crippen LogP contribution in [0.2, 0.25) is 0 Å². The van der Waals surface area contributed by atoms with E-state index in [0.717, 1.165) is 28.5 Å². The standard InChI is InChI=1S/C17H21F3N4O2S2/c1-3-21-16(22-9-8-15-24-14(11-27-15)17(18,19)20)23-10-12-4-6-13(7-5-12)28(2,25)26/h4-7,11H,3,8-10H2,1-2H3,(H2,21,22,23). The molecule has 2 aromatic rings. The minimum atomic E-state index is -4.43. The fourth-order valence-electron chi connectivity index (χ4n) is 2.20. The molecule has 0 fully saturated rings. The van der Waals surface area contributed by atoms with Gasteiger partial charge in [0.2, 0.25) is 0 Å². The Bertz CT molecular complexity index is 907. The zero-order valence-corrected chi connectivity index (χ0v) is 17.0. The summed E-state index contributed by atoms with van der Waals surface area (Å²) in [5.74, 6) is 0.516. The van der Waals surface area contributed by atoms with E-state index in [1.807, 2.05) is 6.92 Å². The predicted octanol–water partition coefficient (Wildman–Crippen LogP) is 2.86. The van der Waals surface area contributed by atoms with Gasteiger partial charge in [0.05, 0.1) is 16.4 Å². The number of hydrogen-bond acceptors (Lipinski definition) is 5. The number of alkyl halides is 3. The summed E-state index contributed by atoms with van der Waals surface area (Å²) in [7, 11) is -3.24. The molecule has 0 spiro atoms. The van der Waals surface area contributed by atoms with Gasteiger partial charge in [-0.25, -0.2) is 18.4 Å². The van der Waals surface area contributed by atoms with Gasteiger partial charge in [0.25, 0.3) is 0 Å². The van der Waals surface area contributed by atoms with Gasteiger partial charge < -0.3 is 10.6 Å². The molecule has 0 atom stereocenters. The Hall–Kier alpha value is -2.14. The molecule has 0 aliphatic rings. The van der Waals surface area contributed by atoms with Crippen LogP contribution in [0.4, 0.5) is 13.2 Å². The molecule has 6 nitrogen and oxygen atoms in total. The second-order valence-corrected chi connectivity index (χ2v) is 8.87. The van der Waals surface area contributed by atoms with Crippen LogP contribution in [0.3, 0.4) is 0 Å². The van der Waals surface area contributed by atoms with Crippen LogP contribution in [0.5, 0.6) is 0 Å². The van der Waals surface area contributed by atoms with E-state index >= 15 is 0 Å². The van der Waals surface area contributed by atoms with E-state index in [-0.39, 0.29) is 4.90 Å². The first-order valence-electron chi connectivity index (χ1n) is 8.42. The maximum atomic E-state index is 12.6. The molecule has 1 aromatic heterocycles. The number of nitrogens with one attached hydrogen (secondary N) is 2. The third-order valence-electron chi connectivity index (χ3n) is 3.59. The second kappa shape index (κ2) is 9.37. The highest BCUT2D eigenvalue weighted by molar-refractivity contribution is 7.90. The highest BCUT2D eigenvalue weighted by Crippen LogP contribution is 2.29. The normalized spacial score (nSPS) is 12.8. The van der Waals surface area contributed by atoms with Crippen LogP contribution < -0.4 is 10.6 Å².